The van der Waals surface area contributed by atoms with Gasteiger partial charge in [0.2, 0.25) is 10.0 Å². The van der Waals surface area contributed by atoms with Gasteiger partial charge in [0.1, 0.15) is 11.5 Å². The van der Waals surface area contributed by atoms with E-state index in [2.05, 4.69) is 15.8 Å². The fourth-order valence-electron chi connectivity index (χ4n) is 3.75. The number of sulfonamides is 1. The number of furan rings is 1. The monoisotopic (exact) mass is 612 g/mol. The van der Waals surface area contributed by atoms with E-state index in [-0.39, 0.29) is 23.7 Å². The fraction of sp³-hybridized carbons (Fsp3) is 0.138. The highest BCUT2D eigenvalue weighted by atomic mass is 35.5. The van der Waals surface area contributed by atoms with Crippen molar-refractivity contribution in [3.05, 3.63) is 117 Å². The van der Waals surface area contributed by atoms with Gasteiger partial charge in [-0.05, 0) is 79.6 Å². The van der Waals surface area contributed by atoms with Gasteiger partial charge in [-0.25, -0.2) is 13.8 Å². The minimum atomic E-state index is -3.91. The molecule has 0 bridgehead atoms. The van der Waals surface area contributed by atoms with Crippen LogP contribution < -0.4 is 10.7 Å². The summed E-state index contributed by atoms with van der Waals surface area (Å²) < 4.78 is 34.1. The molecule has 4 rings (SSSR count). The van der Waals surface area contributed by atoms with E-state index in [0.29, 0.717) is 27.1 Å². The van der Waals surface area contributed by atoms with E-state index in [1.54, 1.807) is 37.3 Å². The van der Waals surface area contributed by atoms with E-state index in [1.165, 1.54) is 34.8 Å². The van der Waals surface area contributed by atoms with Crippen LogP contribution in [0.3, 0.4) is 0 Å². The molecule has 0 spiro atoms. The van der Waals surface area contributed by atoms with E-state index < -0.39 is 21.8 Å². The molecule has 0 aliphatic carbocycles. The maximum Gasteiger partial charge on any atom is 0.329 e. The molecule has 0 aliphatic heterocycles. The number of amides is 2. The Morgan fingerprint density at radius 2 is 1.56 bits per heavy atom. The third-order valence-corrected chi connectivity index (χ3v) is 8.24. The molecule has 0 radical (unpaired) electrons. The van der Waals surface area contributed by atoms with Crippen LogP contribution in [0.1, 0.15) is 28.2 Å². The Morgan fingerprint density at radius 1 is 0.878 bits per heavy atom. The van der Waals surface area contributed by atoms with Crippen molar-refractivity contribution in [3.8, 4) is 0 Å². The molecule has 0 saturated carbocycles. The molecule has 12 heteroatoms. The Balaban J connectivity index is 1.44. The molecule has 4 aromatic rings. The van der Waals surface area contributed by atoms with Crippen molar-refractivity contribution in [2.45, 2.75) is 31.8 Å². The maximum atomic E-state index is 13.5. The molecule has 0 aliphatic rings. The first-order valence-corrected chi connectivity index (χ1v) is 14.5. The zero-order chi connectivity index (χ0) is 29.6. The lowest BCUT2D eigenvalue weighted by Crippen LogP contribution is -2.32. The van der Waals surface area contributed by atoms with Gasteiger partial charge in [-0.15, -0.1) is 0 Å². The summed E-state index contributed by atoms with van der Waals surface area (Å²) >= 11 is 11.9. The van der Waals surface area contributed by atoms with Crippen LogP contribution in [-0.2, 0) is 32.7 Å². The van der Waals surface area contributed by atoms with Crippen LogP contribution in [0.15, 0.2) is 93.3 Å². The fourth-order valence-corrected chi connectivity index (χ4v) is 5.50. The maximum absolute atomic E-state index is 13.5. The molecule has 1 heterocycles. The van der Waals surface area contributed by atoms with E-state index in [9.17, 15) is 18.0 Å². The number of hydrogen-bond donors (Lipinski definition) is 2. The van der Waals surface area contributed by atoms with Crippen molar-refractivity contribution in [2.75, 3.05) is 5.32 Å². The molecule has 0 fully saturated rings. The molecule has 212 valence electrons. The number of rotatable bonds is 9. The molecular formula is C29H26Cl2N4O5S. The predicted molar refractivity (Wildman–Crippen MR) is 158 cm³/mol. The molecular weight excluding hydrogens is 587 g/mol. The van der Waals surface area contributed by atoms with Crippen molar-refractivity contribution in [1.82, 2.24) is 9.73 Å². The standard InChI is InChI=1S/C29H26Cl2N4O5S/c1-19-3-5-21(6-4-19)17-35(41(38,39)26-12-7-22(30)8-13-26)18-25-11-10-24(40-25)16-32-34-29(37)28(36)33-27-14-9-23(31)15-20(27)2/h3-16H,17-18H2,1-2H3,(H,33,36)(H,34,37)/b32-16+. The highest BCUT2D eigenvalue weighted by Gasteiger charge is 2.26. The largest absolute Gasteiger partial charge is 0.459 e. The lowest BCUT2D eigenvalue weighted by molar-refractivity contribution is -0.136. The summed E-state index contributed by atoms with van der Waals surface area (Å²) in [6.45, 7) is 3.73. The van der Waals surface area contributed by atoms with E-state index >= 15 is 0 Å². The molecule has 9 nitrogen and oxygen atoms in total. The molecule has 2 amide bonds. The first-order chi connectivity index (χ1) is 19.5. The van der Waals surface area contributed by atoms with Gasteiger partial charge in [0.25, 0.3) is 0 Å². The van der Waals surface area contributed by atoms with Gasteiger partial charge >= 0.3 is 11.8 Å². The van der Waals surface area contributed by atoms with E-state index in [1.807, 2.05) is 31.2 Å². The topological polar surface area (TPSA) is 121 Å². The highest BCUT2D eigenvalue weighted by molar-refractivity contribution is 7.89. The van der Waals surface area contributed by atoms with Crippen LogP contribution in [0.4, 0.5) is 5.69 Å². The average molecular weight is 614 g/mol. The van der Waals surface area contributed by atoms with Crippen LogP contribution in [0, 0.1) is 13.8 Å². The van der Waals surface area contributed by atoms with E-state index in [4.69, 9.17) is 27.6 Å². The summed E-state index contributed by atoms with van der Waals surface area (Å²) in [5.41, 5.74) is 5.13. The van der Waals surface area contributed by atoms with Crippen molar-refractivity contribution < 1.29 is 22.4 Å². The van der Waals surface area contributed by atoms with Gasteiger partial charge in [-0.1, -0.05) is 53.0 Å². The van der Waals surface area contributed by atoms with Crippen LogP contribution in [0.2, 0.25) is 10.0 Å². The van der Waals surface area contributed by atoms with Gasteiger partial charge in [-0.3, -0.25) is 9.59 Å². The number of benzene rings is 3. The Kier molecular flexibility index (Phi) is 9.61. The number of hydrogen-bond acceptors (Lipinski definition) is 6. The Bertz CT molecular complexity index is 1690. The molecule has 1 aromatic heterocycles. The van der Waals surface area contributed by atoms with Gasteiger partial charge < -0.3 is 9.73 Å². The van der Waals surface area contributed by atoms with Crippen molar-refractivity contribution in [3.63, 3.8) is 0 Å². The number of halogens is 2. The second-order valence-corrected chi connectivity index (χ2v) is 11.9. The number of hydrazone groups is 1. The third-order valence-electron chi connectivity index (χ3n) is 5.95. The van der Waals surface area contributed by atoms with Crippen LogP contribution in [0.5, 0.6) is 0 Å². The summed E-state index contributed by atoms with van der Waals surface area (Å²) in [6.07, 6.45) is 1.21. The minimum Gasteiger partial charge on any atom is -0.459 e. The number of aryl methyl sites for hydroxylation is 2. The van der Waals surface area contributed by atoms with Gasteiger partial charge in [-0.2, -0.15) is 9.41 Å². The zero-order valence-electron chi connectivity index (χ0n) is 22.1. The van der Waals surface area contributed by atoms with Gasteiger partial charge in [0.15, 0.2) is 0 Å². The molecule has 0 atom stereocenters. The van der Waals surface area contributed by atoms with Crippen molar-refractivity contribution in [1.29, 1.82) is 0 Å². The average Bonchev–Trinajstić information content (AvgIpc) is 3.38. The summed E-state index contributed by atoms with van der Waals surface area (Å²) in [5, 5.41) is 7.19. The van der Waals surface area contributed by atoms with Gasteiger partial charge in [0, 0.05) is 22.3 Å². The predicted octanol–water partition coefficient (Wildman–Crippen LogP) is 5.68. The second-order valence-electron chi connectivity index (χ2n) is 9.13. The summed E-state index contributed by atoms with van der Waals surface area (Å²) in [4.78, 5) is 24.4. The van der Waals surface area contributed by atoms with E-state index in [0.717, 1.165) is 11.1 Å². The Labute approximate surface area is 247 Å². The number of carbonyl (C=O) groups is 2. The zero-order valence-corrected chi connectivity index (χ0v) is 24.4. The molecule has 0 unspecified atom stereocenters. The number of nitrogens with one attached hydrogen (secondary N) is 2. The van der Waals surface area contributed by atoms with Crippen molar-refractivity contribution >= 4 is 56.9 Å². The summed E-state index contributed by atoms with van der Waals surface area (Å²) in [6, 6.07) is 21.5. The van der Waals surface area contributed by atoms with Crippen LogP contribution >= 0.6 is 23.2 Å². The lowest BCUT2D eigenvalue weighted by Gasteiger charge is -2.21. The minimum absolute atomic E-state index is 0.0676. The third kappa shape index (κ3) is 8.05. The van der Waals surface area contributed by atoms with Crippen LogP contribution in [-0.4, -0.2) is 30.8 Å². The highest BCUT2D eigenvalue weighted by Crippen LogP contribution is 2.24. The summed E-state index contributed by atoms with van der Waals surface area (Å²) in [7, 11) is -3.91. The SMILES string of the molecule is Cc1ccc(CN(Cc2ccc(/C=N/NC(=O)C(=O)Nc3ccc(Cl)cc3C)o2)S(=O)(=O)c2ccc(Cl)cc2)cc1. The quantitative estimate of drug-likeness (QED) is 0.143. The van der Waals surface area contributed by atoms with Gasteiger partial charge in [0.05, 0.1) is 17.7 Å². The van der Waals surface area contributed by atoms with Crippen LogP contribution in [0.25, 0.3) is 0 Å². The second kappa shape index (κ2) is 13.1. The Morgan fingerprint density at radius 3 is 2.24 bits per heavy atom. The Hall–Kier alpha value is -3.96. The first kappa shape index (κ1) is 30.0. The number of nitrogens with zero attached hydrogens (tertiary/aromatic N) is 2. The molecule has 0 saturated heterocycles. The first-order valence-electron chi connectivity index (χ1n) is 12.3. The normalized spacial score (nSPS) is 11.6. The van der Waals surface area contributed by atoms with Crippen molar-refractivity contribution in [2.24, 2.45) is 5.10 Å². The smallest absolute Gasteiger partial charge is 0.329 e. The number of anilines is 1. The molecule has 41 heavy (non-hydrogen) atoms. The number of carbonyl (C=O) groups excluding carboxylic acids is 2. The summed E-state index contributed by atoms with van der Waals surface area (Å²) in [5.74, 6) is -1.31. The lowest BCUT2D eigenvalue weighted by atomic mass is 10.1. The molecule has 2 N–H and O–H groups in total. The molecule has 3 aromatic carbocycles.